The van der Waals surface area contributed by atoms with Gasteiger partial charge in [-0.2, -0.15) is 4.31 Å². The van der Waals surface area contributed by atoms with Crippen LogP contribution in [0.2, 0.25) is 5.02 Å². The number of benzene rings is 1. The predicted molar refractivity (Wildman–Crippen MR) is 84.3 cm³/mol. The molecule has 2 N–H and O–H groups in total. The van der Waals surface area contributed by atoms with Gasteiger partial charge in [-0.05, 0) is 46.8 Å². The molecule has 1 aliphatic heterocycles. The average molecular weight is 382 g/mol. The lowest BCUT2D eigenvalue weighted by Gasteiger charge is -2.38. The highest BCUT2D eigenvalue weighted by molar-refractivity contribution is 9.10. The van der Waals surface area contributed by atoms with E-state index in [1.54, 1.807) is 18.2 Å². The van der Waals surface area contributed by atoms with E-state index in [9.17, 15) is 8.42 Å². The summed E-state index contributed by atoms with van der Waals surface area (Å²) in [6, 6.07) is 4.81. The first-order valence-electron chi connectivity index (χ1n) is 6.55. The van der Waals surface area contributed by atoms with Gasteiger partial charge in [0.15, 0.2) is 0 Å². The van der Waals surface area contributed by atoms with Crippen molar-refractivity contribution in [2.45, 2.75) is 30.7 Å². The summed E-state index contributed by atoms with van der Waals surface area (Å²) in [5.74, 6) is 0.254. The van der Waals surface area contributed by atoms with Gasteiger partial charge in [0, 0.05) is 23.6 Å². The third-order valence-corrected chi connectivity index (χ3v) is 7.17. The van der Waals surface area contributed by atoms with Gasteiger partial charge in [0.05, 0.1) is 5.02 Å². The number of piperidine rings is 1. The monoisotopic (exact) mass is 380 g/mol. The van der Waals surface area contributed by atoms with Gasteiger partial charge in [0.1, 0.15) is 4.90 Å². The average Bonchev–Trinajstić information content (AvgIpc) is 2.37. The summed E-state index contributed by atoms with van der Waals surface area (Å²) < 4.78 is 27.8. The summed E-state index contributed by atoms with van der Waals surface area (Å²) in [7, 11) is -3.64. The molecular formula is C13H18BrClN2O2S. The molecule has 2 atom stereocenters. The molecule has 2 rings (SSSR count). The van der Waals surface area contributed by atoms with Crippen LogP contribution in [0.25, 0.3) is 0 Å². The van der Waals surface area contributed by atoms with Crippen molar-refractivity contribution in [1.29, 1.82) is 0 Å². The predicted octanol–water partition coefficient (Wildman–Crippen LogP) is 2.85. The first-order chi connectivity index (χ1) is 9.39. The fourth-order valence-electron chi connectivity index (χ4n) is 2.71. The minimum Gasteiger partial charge on any atom is -0.329 e. The highest BCUT2D eigenvalue weighted by Crippen LogP contribution is 2.35. The van der Waals surface area contributed by atoms with Crippen LogP contribution in [0, 0.1) is 5.92 Å². The quantitative estimate of drug-likeness (QED) is 0.875. The highest BCUT2D eigenvalue weighted by atomic mass is 79.9. The molecule has 0 radical (unpaired) electrons. The van der Waals surface area contributed by atoms with Crippen LogP contribution in [0.3, 0.4) is 0 Å². The van der Waals surface area contributed by atoms with Crippen molar-refractivity contribution in [2.24, 2.45) is 11.7 Å². The van der Waals surface area contributed by atoms with Gasteiger partial charge in [0.25, 0.3) is 0 Å². The van der Waals surface area contributed by atoms with E-state index in [4.69, 9.17) is 17.3 Å². The summed E-state index contributed by atoms with van der Waals surface area (Å²) in [4.78, 5) is 0.134. The normalized spacial score (nSPS) is 24.8. The van der Waals surface area contributed by atoms with Crippen LogP contribution in [0.4, 0.5) is 0 Å². The Kier molecular flexibility index (Phi) is 5.13. The second-order valence-electron chi connectivity index (χ2n) is 5.09. The molecule has 0 aromatic heterocycles. The standard InChI is InChI=1S/C13H18BrClN2O2S/c1-9-4-3-7-17(12(9)8-16)20(18,19)13-10(14)5-2-6-11(13)15/h2,5-6,9,12H,3-4,7-8,16H2,1H3. The lowest BCUT2D eigenvalue weighted by Crippen LogP contribution is -2.51. The summed E-state index contributed by atoms with van der Waals surface area (Å²) in [6.45, 7) is 2.86. The van der Waals surface area contributed by atoms with E-state index in [0.29, 0.717) is 17.6 Å². The smallest absolute Gasteiger partial charge is 0.245 e. The van der Waals surface area contributed by atoms with Crippen LogP contribution < -0.4 is 5.73 Å². The SMILES string of the molecule is CC1CCCN(S(=O)(=O)c2c(Cl)cccc2Br)C1CN. The van der Waals surface area contributed by atoms with Gasteiger partial charge in [-0.3, -0.25) is 0 Å². The molecule has 0 saturated carbocycles. The van der Waals surface area contributed by atoms with E-state index in [1.165, 1.54) is 4.31 Å². The number of hydrogen-bond donors (Lipinski definition) is 1. The maximum absolute atomic E-state index is 12.9. The molecule has 1 fully saturated rings. The molecule has 1 aromatic rings. The number of sulfonamides is 1. The van der Waals surface area contributed by atoms with Crippen LogP contribution >= 0.6 is 27.5 Å². The summed E-state index contributed by atoms with van der Waals surface area (Å²) in [5.41, 5.74) is 5.78. The van der Waals surface area contributed by atoms with Crippen LogP contribution in [0.15, 0.2) is 27.6 Å². The molecule has 1 saturated heterocycles. The van der Waals surface area contributed by atoms with E-state index >= 15 is 0 Å². The Hall–Kier alpha value is -0.140. The van der Waals surface area contributed by atoms with Gasteiger partial charge in [-0.1, -0.05) is 24.6 Å². The Morgan fingerprint density at radius 2 is 2.20 bits per heavy atom. The van der Waals surface area contributed by atoms with Crippen LogP contribution in [-0.2, 0) is 10.0 Å². The molecule has 0 aliphatic carbocycles. The maximum atomic E-state index is 12.9. The Labute approximate surface area is 133 Å². The van der Waals surface area contributed by atoms with Crippen molar-refractivity contribution in [2.75, 3.05) is 13.1 Å². The number of rotatable bonds is 3. The zero-order valence-electron chi connectivity index (χ0n) is 11.2. The van der Waals surface area contributed by atoms with Crippen molar-refractivity contribution < 1.29 is 8.42 Å². The molecule has 4 nitrogen and oxygen atoms in total. The number of nitrogens with zero attached hydrogens (tertiary/aromatic N) is 1. The summed E-state index contributed by atoms with van der Waals surface area (Å²) >= 11 is 9.38. The van der Waals surface area contributed by atoms with E-state index in [1.807, 2.05) is 6.92 Å². The molecule has 1 heterocycles. The number of hydrogen-bond acceptors (Lipinski definition) is 3. The Morgan fingerprint density at radius 1 is 1.50 bits per heavy atom. The third-order valence-electron chi connectivity index (χ3n) is 3.79. The molecule has 20 heavy (non-hydrogen) atoms. The number of nitrogens with two attached hydrogens (primary N) is 1. The summed E-state index contributed by atoms with van der Waals surface area (Å²) in [6.07, 6.45) is 1.84. The van der Waals surface area contributed by atoms with Crippen LogP contribution in [0.1, 0.15) is 19.8 Å². The van der Waals surface area contributed by atoms with Gasteiger partial charge < -0.3 is 5.73 Å². The van der Waals surface area contributed by atoms with Crippen LogP contribution in [0.5, 0.6) is 0 Å². The summed E-state index contributed by atoms with van der Waals surface area (Å²) in [5, 5.41) is 0.230. The molecule has 2 unspecified atom stereocenters. The Bertz CT molecular complexity index is 574. The van der Waals surface area contributed by atoms with E-state index in [-0.39, 0.29) is 21.9 Å². The zero-order valence-corrected chi connectivity index (χ0v) is 14.4. The molecule has 7 heteroatoms. The lowest BCUT2D eigenvalue weighted by atomic mass is 9.93. The maximum Gasteiger partial charge on any atom is 0.245 e. The molecule has 0 amide bonds. The minimum absolute atomic E-state index is 0.134. The molecule has 0 spiro atoms. The Balaban J connectivity index is 2.49. The molecule has 112 valence electrons. The highest BCUT2D eigenvalue weighted by Gasteiger charge is 2.38. The number of halogens is 2. The first-order valence-corrected chi connectivity index (χ1v) is 9.16. The topological polar surface area (TPSA) is 63.4 Å². The molecular weight excluding hydrogens is 364 g/mol. The van der Waals surface area contributed by atoms with Crippen molar-refractivity contribution in [3.8, 4) is 0 Å². The zero-order chi connectivity index (χ0) is 14.9. The van der Waals surface area contributed by atoms with Gasteiger partial charge >= 0.3 is 0 Å². The Morgan fingerprint density at radius 3 is 2.80 bits per heavy atom. The van der Waals surface area contributed by atoms with Crippen LogP contribution in [-0.4, -0.2) is 31.9 Å². The van der Waals surface area contributed by atoms with Crippen molar-refractivity contribution in [3.63, 3.8) is 0 Å². The van der Waals surface area contributed by atoms with E-state index in [0.717, 1.165) is 12.8 Å². The van der Waals surface area contributed by atoms with Crippen molar-refractivity contribution >= 4 is 37.6 Å². The van der Waals surface area contributed by atoms with Gasteiger partial charge in [-0.15, -0.1) is 0 Å². The van der Waals surface area contributed by atoms with Gasteiger partial charge in [-0.25, -0.2) is 8.42 Å². The first kappa shape index (κ1) is 16.2. The second kappa shape index (κ2) is 6.32. The van der Waals surface area contributed by atoms with E-state index < -0.39 is 10.0 Å². The molecule has 1 aromatic carbocycles. The molecule has 1 aliphatic rings. The third kappa shape index (κ3) is 2.90. The van der Waals surface area contributed by atoms with E-state index in [2.05, 4.69) is 15.9 Å². The molecule has 0 bridgehead atoms. The van der Waals surface area contributed by atoms with Crippen molar-refractivity contribution in [3.05, 3.63) is 27.7 Å². The fourth-order valence-corrected chi connectivity index (χ4v) is 6.15. The van der Waals surface area contributed by atoms with Gasteiger partial charge in [0.2, 0.25) is 10.0 Å². The van der Waals surface area contributed by atoms with Crippen molar-refractivity contribution in [1.82, 2.24) is 4.31 Å². The second-order valence-corrected chi connectivity index (χ2v) is 8.18. The largest absolute Gasteiger partial charge is 0.329 e. The lowest BCUT2D eigenvalue weighted by molar-refractivity contribution is 0.192. The minimum atomic E-state index is -3.64. The fraction of sp³-hybridized carbons (Fsp3) is 0.538.